The van der Waals surface area contributed by atoms with Gasteiger partial charge in [0.15, 0.2) is 0 Å². The number of rotatable bonds is 4. The molecule has 0 aliphatic carbocycles. The lowest BCUT2D eigenvalue weighted by Crippen LogP contribution is -2.31. The highest BCUT2D eigenvalue weighted by molar-refractivity contribution is 8.04. The van der Waals surface area contributed by atoms with Gasteiger partial charge in [0.2, 0.25) is 0 Å². The van der Waals surface area contributed by atoms with E-state index < -0.39 is 0 Å². The molecule has 140 valence electrons. The minimum absolute atomic E-state index is 0.0156. The second kappa shape index (κ2) is 7.31. The molecule has 0 unspecified atom stereocenters. The van der Waals surface area contributed by atoms with Crippen molar-refractivity contribution < 1.29 is 14.0 Å². The summed E-state index contributed by atoms with van der Waals surface area (Å²) in [5.41, 5.74) is 2.55. The lowest BCUT2D eigenvalue weighted by molar-refractivity contribution is -0.119. The molecule has 0 fully saturated rings. The average molecular weight is 383 g/mol. The number of amides is 2. The van der Waals surface area contributed by atoms with Crippen LogP contribution in [0.5, 0.6) is 0 Å². The Hall–Kier alpha value is -2.40. The molecule has 2 aromatic rings. The second-order valence-electron chi connectivity index (χ2n) is 7.39. The molecular formula is C22H22FNO2S. The number of carbonyl (C=O) groups is 2. The molecule has 0 saturated carbocycles. The van der Waals surface area contributed by atoms with Gasteiger partial charge in [0.05, 0.1) is 16.2 Å². The van der Waals surface area contributed by atoms with E-state index in [9.17, 15) is 14.0 Å². The Morgan fingerprint density at radius 1 is 0.926 bits per heavy atom. The molecular weight excluding hydrogens is 361 g/mol. The van der Waals surface area contributed by atoms with Crippen LogP contribution in [0.4, 0.5) is 10.1 Å². The van der Waals surface area contributed by atoms with Crippen LogP contribution >= 0.6 is 11.8 Å². The molecule has 1 heterocycles. The predicted octanol–water partition coefficient (Wildman–Crippen LogP) is 5.16. The van der Waals surface area contributed by atoms with Crippen LogP contribution in [0.3, 0.4) is 0 Å². The number of halogens is 1. The van der Waals surface area contributed by atoms with Crippen LogP contribution in [0.1, 0.15) is 38.8 Å². The topological polar surface area (TPSA) is 37.4 Å². The van der Waals surface area contributed by atoms with Gasteiger partial charge in [-0.05, 0) is 46.6 Å². The van der Waals surface area contributed by atoms with E-state index in [1.165, 1.54) is 40.9 Å². The molecule has 27 heavy (non-hydrogen) atoms. The fourth-order valence-corrected chi connectivity index (χ4v) is 3.86. The number of hydrogen-bond acceptors (Lipinski definition) is 3. The lowest BCUT2D eigenvalue weighted by atomic mass is 9.87. The number of imide groups is 1. The van der Waals surface area contributed by atoms with Gasteiger partial charge in [-0.1, -0.05) is 52.0 Å². The number of anilines is 1. The number of benzene rings is 2. The predicted molar refractivity (Wildman–Crippen MR) is 109 cm³/mol. The average Bonchev–Trinajstić information content (AvgIpc) is 2.86. The first kappa shape index (κ1) is 19.4. The van der Waals surface area contributed by atoms with E-state index in [-0.39, 0.29) is 23.0 Å². The summed E-state index contributed by atoms with van der Waals surface area (Å²) >= 11 is 1.34. The van der Waals surface area contributed by atoms with Gasteiger partial charge in [-0.3, -0.25) is 9.59 Å². The van der Waals surface area contributed by atoms with Crippen molar-refractivity contribution in [1.82, 2.24) is 0 Å². The zero-order chi connectivity index (χ0) is 19.8. The zero-order valence-electron chi connectivity index (χ0n) is 15.9. The van der Waals surface area contributed by atoms with Gasteiger partial charge in [0.1, 0.15) is 5.82 Å². The van der Waals surface area contributed by atoms with Crippen molar-refractivity contribution in [2.45, 2.75) is 33.1 Å². The first-order valence-electron chi connectivity index (χ1n) is 8.86. The van der Waals surface area contributed by atoms with E-state index in [0.29, 0.717) is 27.5 Å². The van der Waals surface area contributed by atoms with Crippen molar-refractivity contribution in [1.29, 1.82) is 0 Å². The summed E-state index contributed by atoms with van der Waals surface area (Å²) in [4.78, 5) is 27.7. The van der Waals surface area contributed by atoms with Crippen LogP contribution in [0.15, 0.2) is 53.4 Å². The Morgan fingerprint density at radius 2 is 1.52 bits per heavy atom. The Bertz CT molecular complexity index is 909. The Kier molecular flexibility index (Phi) is 5.24. The van der Waals surface area contributed by atoms with Crippen molar-refractivity contribution in [2.24, 2.45) is 0 Å². The first-order valence-corrected chi connectivity index (χ1v) is 9.85. The van der Waals surface area contributed by atoms with E-state index in [2.05, 4.69) is 20.8 Å². The highest BCUT2D eigenvalue weighted by Gasteiger charge is 2.40. The SMILES string of the molecule is CCSC1=C(c2ccc(F)cc2)C(=O)N(c2ccc(C(C)(C)C)cc2)C1=O. The molecule has 2 aromatic carbocycles. The van der Waals surface area contributed by atoms with Crippen LogP contribution in [0.25, 0.3) is 5.57 Å². The van der Waals surface area contributed by atoms with Crippen molar-refractivity contribution in [2.75, 3.05) is 10.7 Å². The quantitative estimate of drug-likeness (QED) is 0.684. The van der Waals surface area contributed by atoms with Gasteiger partial charge in [-0.2, -0.15) is 0 Å². The highest BCUT2D eigenvalue weighted by Crippen LogP contribution is 2.38. The van der Waals surface area contributed by atoms with Crippen molar-refractivity contribution in [3.63, 3.8) is 0 Å². The Morgan fingerprint density at radius 3 is 2.04 bits per heavy atom. The maximum absolute atomic E-state index is 13.3. The molecule has 0 atom stereocenters. The lowest BCUT2D eigenvalue weighted by Gasteiger charge is -2.21. The van der Waals surface area contributed by atoms with Crippen LogP contribution in [0, 0.1) is 5.82 Å². The van der Waals surface area contributed by atoms with Crippen LogP contribution < -0.4 is 4.90 Å². The molecule has 3 nitrogen and oxygen atoms in total. The number of carbonyl (C=O) groups excluding carboxylic acids is 2. The van der Waals surface area contributed by atoms with Crippen LogP contribution in [-0.2, 0) is 15.0 Å². The number of thioether (sulfide) groups is 1. The standard InChI is InChI=1S/C22H22FNO2S/c1-5-27-19-18(14-6-10-16(23)11-7-14)20(25)24(21(19)26)17-12-8-15(9-13-17)22(2,3)4/h6-13H,5H2,1-4H3. The number of nitrogens with zero attached hydrogens (tertiary/aromatic N) is 1. The van der Waals surface area contributed by atoms with E-state index in [1.54, 1.807) is 12.1 Å². The third kappa shape index (κ3) is 3.69. The highest BCUT2D eigenvalue weighted by atomic mass is 32.2. The summed E-state index contributed by atoms with van der Waals surface area (Å²) in [5, 5.41) is 0. The molecule has 0 saturated heterocycles. The fourth-order valence-electron chi connectivity index (χ4n) is 3.00. The first-order chi connectivity index (χ1) is 12.7. The van der Waals surface area contributed by atoms with Gasteiger partial charge in [-0.25, -0.2) is 9.29 Å². The molecule has 2 amide bonds. The molecule has 3 rings (SSSR count). The van der Waals surface area contributed by atoms with Crippen molar-refractivity contribution >= 4 is 34.8 Å². The second-order valence-corrected chi connectivity index (χ2v) is 8.66. The largest absolute Gasteiger partial charge is 0.272 e. The smallest absolute Gasteiger partial charge is 0.268 e. The molecule has 0 N–H and O–H groups in total. The maximum Gasteiger partial charge on any atom is 0.272 e. The Labute approximate surface area is 163 Å². The van der Waals surface area contributed by atoms with Gasteiger partial charge in [0.25, 0.3) is 11.8 Å². The summed E-state index contributed by atoms with van der Waals surface area (Å²) in [5.74, 6) is -0.410. The maximum atomic E-state index is 13.3. The molecule has 0 aromatic heterocycles. The molecule has 1 aliphatic heterocycles. The Balaban J connectivity index is 2.02. The third-order valence-corrected chi connectivity index (χ3v) is 5.41. The molecule has 0 bridgehead atoms. The zero-order valence-corrected chi connectivity index (χ0v) is 16.7. The van der Waals surface area contributed by atoms with Gasteiger partial charge < -0.3 is 0 Å². The van der Waals surface area contributed by atoms with Gasteiger partial charge in [-0.15, -0.1) is 11.8 Å². The fraction of sp³-hybridized carbons (Fsp3) is 0.273. The molecule has 1 aliphatic rings. The summed E-state index contributed by atoms with van der Waals surface area (Å²) in [6.45, 7) is 8.26. The minimum Gasteiger partial charge on any atom is -0.268 e. The summed E-state index contributed by atoms with van der Waals surface area (Å²) in [7, 11) is 0. The summed E-state index contributed by atoms with van der Waals surface area (Å²) in [6.07, 6.45) is 0. The third-order valence-electron chi connectivity index (χ3n) is 4.45. The van der Waals surface area contributed by atoms with E-state index in [1.807, 2.05) is 19.1 Å². The van der Waals surface area contributed by atoms with Crippen LogP contribution in [0.2, 0.25) is 0 Å². The summed E-state index contributed by atoms with van der Waals surface area (Å²) < 4.78 is 13.3. The van der Waals surface area contributed by atoms with E-state index in [0.717, 1.165) is 5.56 Å². The van der Waals surface area contributed by atoms with Gasteiger partial charge >= 0.3 is 0 Å². The monoisotopic (exact) mass is 383 g/mol. The van der Waals surface area contributed by atoms with Gasteiger partial charge in [0, 0.05) is 0 Å². The van der Waals surface area contributed by atoms with E-state index >= 15 is 0 Å². The van der Waals surface area contributed by atoms with Crippen molar-refractivity contribution in [3.05, 3.63) is 70.4 Å². The normalized spacial score (nSPS) is 15.1. The molecule has 5 heteroatoms. The number of hydrogen-bond donors (Lipinski definition) is 0. The molecule has 0 spiro atoms. The summed E-state index contributed by atoms with van der Waals surface area (Å²) in [6, 6.07) is 13.2. The molecule has 0 radical (unpaired) electrons. The minimum atomic E-state index is -0.379. The van der Waals surface area contributed by atoms with Crippen molar-refractivity contribution in [3.8, 4) is 0 Å². The van der Waals surface area contributed by atoms with E-state index in [4.69, 9.17) is 0 Å². The van der Waals surface area contributed by atoms with Crippen LogP contribution in [-0.4, -0.2) is 17.6 Å².